The number of hydrogen-bond donors (Lipinski definition) is 1. The molecule has 2 aromatic carbocycles. The first-order chi connectivity index (χ1) is 9.83. The van der Waals surface area contributed by atoms with Gasteiger partial charge in [0, 0.05) is 0 Å². The molecule has 0 radical (unpaired) electrons. The monoisotopic (exact) mass is 357 g/mol. The second-order valence-electron chi connectivity index (χ2n) is 4.70. The first-order valence-corrected chi connectivity index (χ1v) is 7.27. The van der Waals surface area contributed by atoms with Crippen molar-refractivity contribution >= 4 is 10.8 Å². The average molecular weight is 359 g/mol. The largest absolute Gasteiger partial charge is 2.00 e. The molecule has 2 heteroatoms. The van der Waals surface area contributed by atoms with Crippen molar-refractivity contribution < 1.29 is 26.2 Å². The zero-order valence-electron chi connectivity index (χ0n) is 13.3. The van der Waals surface area contributed by atoms with Gasteiger partial charge in [0.05, 0.1) is 0 Å². The van der Waals surface area contributed by atoms with Crippen LogP contribution in [-0.2, 0) is 32.6 Å². The van der Waals surface area contributed by atoms with Gasteiger partial charge in [-0.2, -0.15) is 12.1 Å². The normalized spacial score (nSPS) is 11.2. The summed E-state index contributed by atoms with van der Waals surface area (Å²) >= 11 is 0. The van der Waals surface area contributed by atoms with Gasteiger partial charge in [0.15, 0.2) is 0 Å². The molecule has 0 spiro atoms. The van der Waals surface area contributed by atoms with Gasteiger partial charge in [-0.1, -0.05) is 25.8 Å². The summed E-state index contributed by atoms with van der Waals surface area (Å²) in [4.78, 5) is 0. The minimum Gasteiger partial charge on any atom is -0.323 e. The molecule has 0 bridgehead atoms. The second-order valence-corrected chi connectivity index (χ2v) is 4.70. The van der Waals surface area contributed by atoms with Crippen molar-refractivity contribution in [2.45, 2.75) is 26.2 Å². The van der Waals surface area contributed by atoms with Crippen molar-refractivity contribution in [3.05, 3.63) is 66.3 Å². The number of aryl methyl sites for hydroxylation is 1. The number of fused-ring (bicyclic) bond motifs is 1. The summed E-state index contributed by atoms with van der Waals surface area (Å²) < 4.78 is 0. The molecular formula is C19H25NZr. The summed E-state index contributed by atoms with van der Waals surface area (Å²) in [6.45, 7) is 2.22. The molecule has 1 aliphatic carbocycles. The Balaban J connectivity index is 0.000000374. The molecule has 21 heavy (non-hydrogen) atoms. The Morgan fingerprint density at radius 1 is 1.19 bits per heavy atom. The predicted molar refractivity (Wildman–Crippen MR) is 90.1 cm³/mol. The summed E-state index contributed by atoms with van der Waals surface area (Å²) in [5.41, 5.74) is 1.49. The summed E-state index contributed by atoms with van der Waals surface area (Å²) in [5, 5.41) is 5.56. The van der Waals surface area contributed by atoms with Crippen molar-refractivity contribution in [3.63, 3.8) is 0 Å². The van der Waals surface area contributed by atoms with E-state index in [1.165, 1.54) is 29.2 Å². The van der Waals surface area contributed by atoms with E-state index in [9.17, 15) is 0 Å². The number of hydrogen-bond acceptors (Lipinski definition) is 1. The quantitative estimate of drug-likeness (QED) is 0.771. The Morgan fingerprint density at radius 3 is 2.43 bits per heavy atom. The van der Waals surface area contributed by atoms with Gasteiger partial charge in [-0.25, -0.2) is 12.2 Å². The topological polar surface area (TPSA) is 12.0 Å². The van der Waals surface area contributed by atoms with Crippen LogP contribution in [-0.4, -0.2) is 14.1 Å². The summed E-state index contributed by atoms with van der Waals surface area (Å²) in [7, 11) is 3.75. The van der Waals surface area contributed by atoms with Gasteiger partial charge in [0.2, 0.25) is 0 Å². The van der Waals surface area contributed by atoms with Crippen LogP contribution >= 0.6 is 0 Å². The third kappa shape index (κ3) is 7.64. The van der Waals surface area contributed by atoms with Crippen molar-refractivity contribution in [2.75, 3.05) is 14.1 Å². The molecule has 0 saturated heterocycles. The Morgan fingerprint density at radius 2 is 1.90 bits per heavy atom. The van der Waals surface area contributed by atoms with Crippen LogP contribution in [0.1, 0.15) is 25.3 Å². The van der Waals surface area contributed by atoms with Crippen LogP contribution in [0.25, 0.3) is 10.8 Å². The standard InChI is InChI=1S/C12H13.C5H5.C2H7N.Zr/c1-2-5-10-8-9-11-6-3-4-7-12(10)11;1-2-4-5-3-1;1-3-2;/h3-4,6-9H,2,5H2,1H3;1-3H,4H2;3H,1-2H3;/q2*-1;;+2. The van der Waals surface area contributed by atoms with Crippen molar-refractivity contribution in [1.82, 2.24) is 5.32 Å². The van der Waals surface area contributed by atoms with E-state index in [2.05, 4.69) is 60.8 Å². The van der Waals surface area contributed by atoms with Crippen LogP contribution in [0, 0.1) is 6.08 Å². The van der Waals surface area contributed by atoms with E-state index in [-0.39, 0.29) is 26.2 Å². The Kier molecular flexibility index (Phi) is 12.3. The van der Waals surface area contributed by atoms with E-state index < -0.39 is 0 Å². The number of rotatable bonds is 2. The van der Waals surface area contributed by atoms with Crippen LogP contribution in [0.5, 0.6) is 0 Å². The molecule has 0 aliphatic heterocycles. The minimum atomic E-state index is 0. The maximum atomic E-state index is 2.99. The molecule has 110 valence electrons. The molecule has 3 rings (SSSR count). The van der Waals surface area contributed by atoms with Gasteiger partial charge in [0.25, 0.3) is 0 Å². The van der Waals surface area contributed by atoms with Crippen LogP contribution in [0.3, 0.4) is 0 Å². The summed E-state index contributed by atoms with van der Waals surface area (Å²) in [6, 6.07) is 13.0. The Bertz CT molecular complexity index is 527. The van der Waals surface area contributed by atoms with E-state index in [4.69, 9.17) is 0 Å². The van der Waals surface area contributed by atoms with Gasteiger partial charge in [0.1, 0.15) is 0 Å². The molecule has 0 atom stereocenters. The third-order valence-corrected chi connectivity index (χ3v) is 2.88. The SMILES string of the molecule is CCC[c-]1ccc2ccccc21.CNC.[C-]1=CC=CC1.[Zr+2]. The molecule has 1 aliphatic rings. The van der Waals surface area contributed by atoms with Crippen molar-refractivity contribution in [2.24, 2.45) is 0 Å². The number of benzene rings is 1. The number of nitrogens with one attached hydrogen (secondary N) is 1. The Labute approximate surface area is 148 Å². The smallest absolute Gasteiger partial charge is 0.323 e. The fraction of sp³-hybridized carbons (Fsp3) is 0.316. The molecule has 0 amide bonds. The van der Waals surface area contributed by atoms with Gasteiger partial charge in [-0.15, -0.1) is 47.0 Å². The molecule has 0 fully saturated rings. The van der Waals surface area contributed by atoms with E-state index in [0.29, 0.717) is 0 Å². The van der Waals surface area contributed by atoms with Gasteiger partial charge in [-0.05, 0) is 14.1 Å². The molecule has 0 aromatic heterocycles. The maximum absolute atomic E-state index is 2.99. The second kappa shape index (κ2) is 12.9. The van der Waals surface area contributed by atoms with Gasteiger partial charge >= 0.3 is 26.2 Å². The molecule has 0 unspecified atom stereocenters. The fourth-order valence-electron chi connectivity index (χ4n) is 2.04. The van der Waals surface area contributed by atoms with Crippen LogP contribution in [0.2, 0.25) is 0 Å². The molecule has 1 nitrogen and oxygen atoms in total. The average Bonchev–Trinajstić information content (AvgIpc) is 3.13. The van der Waals surface area contributed by atoms with Crippen LogP contribution in [0.4, 0.5) is 0 Å². The summed E-state index contributed by atoms with van der Waals surface area (Å²) in [6.07, 6.45) is 12.4. The molecule has 2 aromatic rings. The first-order valence-electron chi connectivity index (χ1n) is 7.27. The van der Waals surface area contributed by atoms with E-state index in [1.807, 2.05) is 26.2 Å². The molecule has 0 heterocycles. The molecule has 0 saturated carbocycles. The van der Waals surface area contributed by atoms with Gasteiger partial charge < -0.3 is 5.32 Å². The number of allylic oxidation sites excluding steroid dienone is 4. The fourth-order valence-corrected chi connectivity index (χ4v) is 2.04. The van der Waals surface area contributed by atoms with Crippen molar-refractivity contribution in [1.29, 1.82) is 0 Å². The van der Waals surface area contributed by atoms with Gasteiger partial charge in [-0.3, -0.25) is 6.08 Å². The minimum absolute atomic E-state index is 0. The first kappa shape index (κ1) is 20.2. The van der Waals surface area contributed by atoms with E-state index >= 15 is 0 Å². The van der Waals surface area contributed by atoms with Crippen molar-refractivity contribution in [3.8, 4) is 0 Å². The maximum Gasteiger partial charge on any atom is 2.00 e. The van der Waals surface area contributed by atoms with E-state index in [0.717, 1.165) is 6.42 Å². The van der Waals surface area contributed by atoms with E-state index in [1.54, 1.807) is 0 Å². The van der Waals surface area contributed by atoms with Crippen LogP contribution < -0.4 is 5.32 Å². The van der Waals surface area contributed by atoms with Crippen LogP contribution in [0.15, 0.2) is 54.6 Å². The predicted octanol–water partition coefficient (Wildman–Crippen LogP) is 4.65. The zero-order valence-corrected chi connectivity index (χ0v) is 15.8. The zero-order chi connectivity index (χ0) is 14.6. The molecular weight excluding hydrogens is 333 g/mol. The summed E-state index contributed by atoms with van der Waals surface area (Å²) in [5.74, 6) is 0. The third-order valence-electron chi connectivity index (χ3n) is 2.88. The Hall–Kier alpha value is -0.847. The molecule has 1 N–H and O–H groups in total.